The SMILES string of the molecule is CC1CC(NCc2cc3c(s2)CCC3)CC(C)O1. The van der Waals surface area contributed by atoms with Gasteiger partial charge in [0.15, 0.2) is 0 Å². The van der Waals surface area contributed by atoms with Crippen molar-refractivity contribution < 1.29 is 4.74 Å². The fraction of sp³-hybridized carbons (Fsp3) is 0.733. The van der Waals surface area contributed by atoms with Crippen LogP contribution in [-0.4, -0.2) is 18.2 Å². The van der Waals surface area contributed by atoms with Crippen LogP contribution in [0.1, 0.15) is 48.4 Å². The van der Waals surface area contributed by atoms with Crippen molar-refractivity contribution in [1.82, 2.24) is 5.32 Å². The molecule has 0 saturated carbocycles. The highest BCUT2D eigenvalue weighted by atomic mass is 32.1. The molecule has 0 aromatic carbocycles. The number of fused-ring (bicyclic) bond motifs is 1. The Labute approximate surface area is 114 Å². The number of hydrogen-bond donors (Lipinski definition) is 1. The molecule has 2 aliphatic rings. The van der Waals surface area contributed by atoms with E-state index >= 15 is 0 Å². The summed E-state index contributed by atoms with van der Waals surface area (Å²) in [5.74, 6) is 0. The Morgan fingerprint density at radius 1 is 1.28 bits per heavy atom. The average molecular weight is 265 g/mol. The van der Waals surface area contributed by atoms with Crippen molar-refractivity contribution in [3.05, 3.63) is 21.4 Å². The van der Waals surface area contributed by atoms with Gasteiger partial charge in [-0.1, -0.05) is 0 Å². The summed E-state index contributed by atoms with van der Waals surface area (Å²) in [6.07, 6.45) is 7.08. The first-order chi connectivity index (χ1) is 8.70. The van der Waals surface area contributed by atoms with E-state index in [2.05, 4.69) is 25.2 Å². The summed E-state index contributed by atoms with van der Waals surface area (Å²) in [5, 5.41) is 3.72. The van der Waals surface area contributed by atoms with Crippen LogP contribution >= 0.6 is 11.3 Å². The summed E-state index contributed by atoms with van der Waals surface area (Å²) in [5.41, 5.74) is 1.62. The number of nitrogens with one attached hydrogen (secondary N) is 1. The van der Waals surface area contributed by atoms with Gasteiger partial charge in [0.25, 0.3) is 0 Å². The van der Waals surface area contributed by atoms with Crippen molar-refractivity contribution in [2.45, 2.75) is 70.7 Å². The summed E-state index contributed by atoms with van der Waals surface area (Å²) in [6.45, 7) is 5.41. The van der Waals surface area contributed by atoms with Gasteiger partial charge in [0.2, 0.25) is 0 Å². The Bertz CT molecular complexity index is 383. The van der Waals surface area contributed by atoms with E-state index < -0.39 is 0 Å². The quantitative estimate of drug-likeness (QED) is 0.905. The second-order valence-electron chi connectivity index (χ2n) is 5.82. The minimum atomic E-state index is 0.402. The molecule has 2 heterocycles. The Hall–Kier alpha value is -0.380. The van der Waals surface area contributed by atoms with Crippen LogP contribution in [0, 0.1) is 0 Å². The van der Waals surface area contributed by atoms with Crippen molar-refractivity contribution in [1.29, 1.82) is 0 Å². The molecule has 0 spiro atoms. The summed E-state index contributed by atoms with van der Waals surface area (Å²) in [7, 11) is 0. The molecule has 0 amide bonds. The van der Waals surface area contributed by atoms with Gasteiger partial charge in [-0.05, 0) is 57.6 Å². The van der Waals surface area contributed by atoms with Gasteiger partial charge in [-0.15, -0.1) is 11.3 Å². The van der Waals surface area contributed by atoms with Gasteiger partial charge in [0, 0.05) is 22.3 Å². The van der Waals surface area contributed by atoms with Crippen LogP contribution in [0.3, 0.4) is 0 Å². The highest BCUT2D eigenvalue weighted by Crippen LogP contribution is 2.30. The Balaban J connectivity index is 1.54. The van der Waals surface area contributed by atoms with Crippen LogP contribution in [0.25, 0.3) is 0 Å². The topological polar surface area (TPSA) is 21.3 Å². The first-order valence-corrected chi connectivity index (χ1v) is 8.01. The zero-order chi connectivity index (χ0) is 12.5. The van der Waals surface area contributed by atoms with E-state index in [0.717, 1.165) is 19.4 Å². The molecule has 2 unspecified atom stereocenters. The van der Waals surface area contributed by atoms with Crippen molar-refractivity contribution in [2.24, 2.45) is 0 Å². The molecule has 2 nitrogen and oxygen atoms in total. The van der Waals surface area contributed by atoms with Crippen molar-refractivity contribution in [3.8, 4) is 0 Å². The Kier molecular flexibility index (Phi) is 3.73. The lowest BCUT2D eigenvalue weighted by atomic mass is 10.00. The molecule has 3 heteroatoms. The maximum absolute atomic E-state index is 5.78. The molecule has 18 heavy (non-hydrogen) atoms. The lowest BCUT2D eigenvalue weighted by Gasteiger charge is -2.32. The molecule has 0 radical (unpaired) electrons. The molecular formula is C15H23NOS. The second kappa shape index (κ2) is 5.32. The average Bonchev–Trinajstić information content (AvgIpc) is 2.84. The molecule has 1 N–H and O–H groups in total. The van der Waals surface area contributed by atoms with Crippen LogP contribution in [0.15, 0.2) is 6.07 Å². The molecule has 1 saturated heterocycles. The van der Waals surface area contributed by atoms with Gasteiger partial charge in [-0.25, -0.2) is 0 Å². The van der Waals surface area contributed by atoms with E-state index in [1.165, 1.54) is 24.1 Å². The maximum Gasteiger partial charge on any atom is 0.0565 e. The minimum absolute atomic E-state index is 0.402. The molecule has 1 aliphatic heterocycles. The lowest BCUT2D eigenvalue weighted by Crippen LogP contribution is -2.40. The molecule has 100 valence electrons. The standard InChI is InChI=1S/C15H23NOS/c1-10-6-13(7-11(2)17-10)16-9-14-8-12-4-3-5-15(12)18-14/h8,10-11,13,16H,3-7,9H2,1-2H3. The van der Waals surface area contributed by atoms with Gasteiger partial charge in [0.1, 0.15) is 0 Å². The third-order valence-corrected chi connectivity index (χ3v) is 5.30. The fourth-order valence-corrected chi connectivity index (χ4v) is 4.51. The van der Waals surface area contributed by atoms with Gasteiger partial charge < -0.3 is 10.1 Å². The molecule has 1 fully saturated rings. The Morgan fingerprint density at radius 3 is 2.78 bits per heavy atom. The van der Waals surface area contributed by atoms with Gasteiger partial charge in [-0.3, -0.25) is 0 Å². The number of ether oxygens (including phenoxy) is 1. The van der Waals surface area contributed by atoms with E-state index in [9.17, 15) is 0 Å². The first kappa shape index (κ1) is 12.6. The fourth-order valence-electron chi connectivity index (χ4n) is 3.29. The predicted octanol–water partition coefficient (Wildman–Crippen LogP) is 3.28. The number of hydrogen-bond acceptors (Lipinski definition) is 3. The molecule has 1 aromatic heterocycles. The molecule has 1 aliphatic carbocycles. The smallest absolute Gasteiger partial charge is 0.0565 e. The maximum atomic E-state index is 5.78. The normalized spacial score (nSPS) is 31.6. The van der Waals surface area contributed by atoms with E-state index in [0.29, 0.717) is 18.2 Å². The van der Waals surface area contributed by atoms with Crippen LogP contribution < -0.4 is 5.32 Å². The molecule has 2 atom stereocenters. The largest absolute Gasteiger partial charge is 0.375 e. The monoisotopic (exact) mass is 265 g/mol. The zero-order valence-corrected chi connectivity index (χ0v) is 12.2. The number of thiophene rings is 1. The summed E-state index contributed by atoms with van der Waals surface area (Å²) in [4.78, 5) is 3.16. The third kappa shape index (κ3) is 2.79. The van der Waals surface area contributed by atoms with Crippen molar-refractivity contribution in [3.63, 3.8) is 0 Å². The van der Waals surface area contributed by atoms with E-state index in [4.69, 9.17) is 4.74 Å². The number of aryl methyl sites for hydroxylation is 2. The van der Waals surface area contributed by atoms with Gasteiger partial charge in [-0.2, -0.15) is 0 Å². The molecule has 3 rings (SSSR count). The van der Waals surface area contributed by atoms with E-state index in [-0.39, 0.29) is 0 Å². The molecular weight excluding hydrogens is 242 g/mol. The van der Waals surface area contributed by atoms with Crippen molar-refractivity contribution in [2.75, 3.05) is 0 Å². The summed E-state index contributed by atoms with van der Waals surface area (Å²) >= 11 is 2.02. The van der Waals surface area contributed by atoms with E-state index in [1.807, 2.05) is 11.3 Å². The van der Waals surface area contributed by atoms with E-state index in [1.54, 1.807) is 10.4 Å². The van der Waals surface area contributed by atoms with Crippen LogP contribution in [-0.2, 0) is 24.1 Å². The minimum Gasteiger partial charge on any atom is -0.375 e. The number of rotatable bonds is 3. The van der Waals surface area contributed by atoms with Crippen molar-refractivity contribution >= 4 is 11.3 Å². The molecule has 1 aromatic rings. The van der Waals surface area contributed by atoms with Gasteiger partial charge >= 0.3 is 0 Å². The second-order valence-corrected chi connectivity index (χ2v) is 7.04. The van der Waals surface area contributed by atoms with Crippen LogP contribution in [0.5, 0.6) is 0 Å². The molecule has 0 bridgehead atoms. The Morgan fingerprint density at radius 2 is 2.06 bits per heavy atom. The van der Waals surface area contributed by atoms with Crippen LogP contribution in [0.4, 0.5) is 0 Å². The highest BCUT2D eigenvalue weighted by molar-refractivity contribution is 7.12. The third-order valence-electron chi connectivity index (χ3n) is 4.06. The predicted molar refractivity (Wildman–Crippen MR) is 76.2 cm³/mol. The summed E-state index contributed by atoms with van der Waals surface area (Å²) in [6, 6.07) is 3.05. The lowest BCUT2D eigenvalue weighted by molar-refractivity contribution is -0.0422. The first-order valence-electron chi connectivity index (χ1n) is 7.20. The zero-order valence-electron chi connectivity index (χ0n) is 11.4. The van der Waals surface area contributed by atoms with Gasteiger partial charge in [0.05, 0.1) is 12.2 Å². The highest BCUT2D eigenvalue weighted by Gasteiger charge is 2.24. The van der Waals surface area contributed by atoms with Crippen LogP contribution in [0.2, 0.25) is 0 Å². The summed E-state index contributed by atoms with van der Waals surface area (Å²) < 4.78 is 5.78.